The summed E-state index contributed by atoms with van der Waals surface area (Å²) < 4.78 is 16.3. The van der Waals surface area contributed by atoms with Crippen molar-refractivity contribution in [2.45, 2.75) is 6.92 Å². The fourth-order valence-electron chi connectivity index (χ4n) is 3.10. The Hall–Kier alpha value is -4.40. The van der Waals surface area contributed by atoms with Gasteiger partial charge in [0.05, 0.1) is 30.4 Å². The van der Waals surface area contributed by atoms with Gasteiger partial charge in [0, 0.05) is 23.4 Å². The van der Waals surface area contributed by atoms with Crippen LogP contribution in [0.5, 0.6) is 17.2 Å². The molecule has 4 aromatic rings. The van der Waals surface area contributed by atoms with Gasteiger partial charge in [-0.05, 0) is 49.4 Å². The van der Waals surface area contributed by atoms with Crippen LogP contribution in [-0.2, 0) is 0 Å². The Bertz CT molecular complexity index is 1310. The molecule has 0 aliphatic carbocycles. The monoisotopic (exact) mass is 433 g/mol. The number of nitro groups is 1. The van der Waals surface area contributed by atoms with E-state index in [1.807, 2.05) is 31.2 Å². The molecule has 0 fully saturated rings. The summed E-state index contributed by atoms with van der Waals surface area (Å²) in [7, 11) is 1.32. The Labute approximate surface area is 182 Å². The van der Waals surface area contributed by atoms with Crippen LogP contribution in [0.2, 0.25) is 0 Å². The molecule has 1 aromatic heterocycles. The van der Waals surface area contributed by atoms with Crippen molar-refractivity contribution >= 4 is 28.7 Å². The van der Waals surface area contributed by atoms with Gasteiger partial charge in [-0.15, -0.1) is 0 Å². The number of phenols is 1. The Morgan fingerprint density at radius 2 is 1.97 bits per heavy atom. The van der Waals surface area contributed by atoms with Crippen molar-refractivity contribution in [1.29, 1.82) is 0 Å². The normalized spacial score (nSPS) is 11.2. The molecule has 0 unspecified atom stereocenters. The van der Waals surface area contributed by atoms with Crippen molar-refractivity contribution in [2.24, 2.45) is 4.99 Å². The average Bonchev–Trinajstić information content (AvgIpc) is 3.22. The number of methoxy groups -OCH3 is 1. The minimum atomic E-state index is -0.566. The number of nitro benzene ring substituents is 1. The van der Waals surface area contributed by atoms with E-state index in [4.69, 9.17) is 13.9 Å². The van der Waals surface area contributed by atoms with E-state index in [0.717, 1.165) is 17.4 Å². The molecule has 0 saturated carbocycles. The highest BCUT2D eigenvalue weighted by molar-refractivity contribution is 5.89. The van der Waals surface area contributed by atoms with Crippen LogP contribution in [0.25, 0.3) is 22.6 Å². The predicted octanol–water partition coefficient (Wildman–Crippen LogP) is 5.27. The molecule has 1 heterocycles. The van der Waals surface area contributed by atoms with Crippen molar-refractivity contribution < 1.29 is 23.9 Å². The van der Waals surface area contributed by atoms with Crippen molar-refractivity contribution in [1.82, 2.24) is 4.98 Å². The average molecular weight is 433 g/mol. The Morgan fingerprint density at radius 1 is 1.19 bits per heavy atom. The van der Waals surface area contributed by atoms with E-state index >= 15 is 0 Å². The van der Waals surface area contributed by atoms with Crippen molar-refractivity contribution in [3.8, 4) is 28.7 Å². The quantitative estimate of drug-likeness (QED) is 0.239. The summed E-state index contributed by atoms with van der Waals surface area (Å²) in [6.07, 6.45) is 1.33. The zero-order valence-electron chi connectivity index (χ0n) is 17.3. The number of aliphatic imine (C=N–C) groups is 1. The van der Waals surface area contributed by atoms with Crippen LogP contribution in [0.3, 0.4) is 0 Å². The van der Waals surface area contributed by atoms with Gasteiger partial charge < -0.3 is 19.0 Å². The number of aromatic hydroxyl groups is 1. The van der Waals surface area contributed by atoms with Crippen LogP contribution in [0.1, 0.15) is 12.5 Å². The maximum Gasteiger partial charge on any atom is 0.274 e. The molecule has 3 aromatic carbocycles. The van der Waals surface area contributed by atoms with Gasteiger partial charge in [-0.25, -0.2) is 4.98 Å². The maximum absolute atomic E-state index is 11.1. The van der Waals surface area contributed by atoms with Gasteiger partial charge >= 0.3 is 0 Å². The zero-order chi connectivity index (χ0) is 22.7. The molecule has 0 aliphatic heterocycles. The van der Waals surface area contributed by atoms with E-state index in [0.29, 0.717) is 29.3 Å². The van der Waals surface area contributed by atoms with Crippen LogP contribution >= 0.6 is 0 Å². The van der Waals surface area contributed by atoms with Gasteiger partial charge in [0.2, 0.25) is 5.89 Å². The van der Waals surface area contributed by atoms with Crippen LogP contribution in [0.15, 0.2) is 64.0 Å². The first-order valence-electron chi connectivity index (χ1n) is 9.71. The van der Waals surface area contributed by atoms with Crippen LogP contribution in [0.4, 0.5) is 11.4 Å². The second kappa shape index (κ2) is 8.76. The molecular formula is C23H19N3O6. The predicted molar refractivity (Wildman–Crippen MR) is 119 cm³/mol. The number of benzene rings is 3. The van der Waals surface area contributed by atoms with Gasteiger partial charge in [-0.2, -0.15) is 0 Å². The van der Waals surface area contributed by atoms with Gasteiger partial charge in [0.25, 0.3) is 5.69 Å². The second-order valence-corrected chi connectivity index (χ2v) is 6.73. The molecule has 0 bridgehead atoms. The molecular weight excluding hydrogens is 414 g/mol. The highest BCUT2D eigenvalue weighted by Gasteiger charge is 2.16. The molecule has 0 amide bonds. The fraction of sp³-hybridized carbons (Fsp3) is 0.130. The highest BCUT2D eigenvalue weighted by atomic mass is 16.6. The number of hydrogen-bond donors (Lipinski definition) is 1. The SMILES string of the molecule is CCOc1ccc(-c2nc3cc(N=Cc4cc([N+](=O)[O-])cc(OC)c4O)ccc3o2)cc1. The Kier molecular flexibility index (Phi) is 5.71. The number of rotatable bonds is 7. The van der Waals surface area contributed by atoms with Crippen LogP contribution < -0.4 is 9.47 Å². The van der Waals surface area contributed by atoms with E-state index in [1.165, 1.54) is 19.4 Å². The molecule has 0 saturated heterocycles. The first kappa shape index (κ1) is 20.9. The summed E-state index contributed by atoms with van der Waals surface area (Å²) in [5.74, 6) is 0.991. The van der Waals surface area contributed by atoms with E-state index in [1.54, 1.807) is 18.2 Å². The third kappa shape index (κ3) is 4.22. The lowest BCUT2D eigenvalue weighted by Crippen LogP contribution is -1.94. The molecule has 1 N–H and O–H groups in total. The first-order valence-corrected chi connectivity index (χ1v) is 9.71. The number of hydrogen-bond acceptors (Lipinski definition) is 8. The maximum atomic E-state index is 11.1. The molecule has 0 spiro atoms. The van der Waals surface area contributed by atoms with Crippen LogP contribution in [-0.4, -0.2) is 34.9 Å². The Balaban J connectivity index is 1.63. The van der Waals surface area contributed by atoms with E-state index in [-0.39, 0.29) is 22.7 Å². The number of nitrogens with zero attached hydrogens (tertiary/aromatic N) is 3. The van der Waals surface area contributed by atoms with Crippen molar-refractivity contribution in [3.63, 3.8) is 0 Å². The van der Waals surface area contributed by atoms with Crippen molar-refractivity contribution in [2.75, 3.05) is 13.7 Å². The van der Waals surface area contributed by atoms with Gasteiger partial charge in [0.1, 0.15) is 11.3 Å². The van der Waals surface area contributed by atoms with Gasteiger partial charge in [0.15, 0.2) is 17.1 Å². The third-order valence-corrected chi connectivity index (χ3v) is 4.66. The number of non-ortho nitro benzene ring substituents is 1. The minimum absolute atomic E-state index is 0.00685. The van der Waals surface area contributed by atoms with Gasteiger partial charge in [-0.1, -0.05) is 0 Å². The summed E-state index contributed by atoms with van der Waals surface area (Å²) >= 11 is 0. The summed E-state index contributed by atoms with van der Waals surface area (Å²) in [6, 6.07) is 15.0. The topological polar surface area (TPSA) is 120 Å². The summed E-state index contributed by atoms with van der Waals surface area (Å²) in [4.78, 5) is 19.4. The molecule has 9 heteroatoms. The van der Waals surface area contributed by atoms with Gasteiger partial charge in [-0.3, -0.25) is 15.1 Å². The standard InChI is InChI=1S/C23H19N3O6/c1-3-31-18-7-4-14(5-8-18)23-25-19-11-16(6-9-20(19)32-23)24-13-15-10-17(26(28)29)12-21(30-2)22(15)27/h4-13,27H,3H2,1-2H3. The Morgan fingerprint density at radius 3 is 2.66 bits per heavy atom. The number of fused-ring (bicyclic) bond motifs is 1. The largest absolute Gasteiger partial charge is 0.504 e. The lowest BCUT2D eigenvalue weighted by atomic mass is 10.1. The molecule has 0 radical (unpaired) electrons. The minimum Gasteiger partial charge on any atom is -0.504 e. The smallest absolute Gasteiger partial charge is 0.274 e. The number of phenolic OH excluding ortho intramolecular Hbond substituents is 1. The second-order valence-electron chi connectivity index (χ2n) is 6.73. The summed E-state index contributed by atoms with van der Waals surface area (Å²) in [5.41, 5.74) is 2.48. The van der Waals surface area contributed by atoms with Crippen LogP contribution in [0, 0.1) is 10.1 Å². The molecule has 0 atom stereocenters. The molecule has 32 heavy (non-hydrogen) atoms. The zero-order valence-corrected chi connectivity index (χ0v) is 17.3. The first-order chi connectivity index (χ1) is 15.5. The number of oxazole rings is 1. The summed E-state index contributed by atoms with van der Waals surface area (Å²) in [5, 5.41) is 21.4. The molecule has 0 aliphatic rings. The van der Waals surface area contributed by atoms with E-state index < -0.39 is 4.92 Å². The lowest BCUT2D eigenvalue weighted by Gasteiger charge is -2.05. The third-order valence-electron chi connectivity index (χ3n) is 4.66. The lowest BCUT2D eigenvalue weighted by molar-refractivity contribution is -0.385. The van der Waals surface area contributed by atoms with E-state index in [2.05, 4.69) is 9.98 Å². The number of aromatic nitrogens is 1. The molecule has 162 valence electrons. The number of ether oxygens (including phenoxy) is 2. The molecule has 9 nitrogen and oxygen atoms in total. The summed E-state index contributed by atoms with van der Waals surface area (Å²) in [6.45, 7) is 2.51. The molecule has 4 rings (SSSR count). The van der Waals surface area contributed by atoms with E-state index in [9.17, 15) is 15.2 Å². The fourth-order valence-corrected chi connectivity index (χ4v) is 3.10. The highest BCUT2D eigenvalue weighted by Crippen LogP contribution is 2.34. The van der Waals surface area contributed by atoms with Crippen molar-refractivity contribution in [3.05, 3.63) is 70.3 Å².